The van der Waals surface area contributed by atoms with Crippen molar-refractivity contribution in [2.45, 2.75) is 0 Å². The molecule has 0 radical (unpaired) electrons. The lowest BCUT2D eigenvalue weighted by Crippen LogP contribution is -2.31. The van der Waals surface area contributed by atoms with Gasteiger partial charge in [0.1, 0.15) is 0 Å². The minimum Gasteiger partial charge on any atom is -0.480 e. The first-order chi connectivity index (χ1) is 6.06. The molecule has 0 heterocycles. The third-order valence-corrected chi connectivity index (χ3v) is 1.24. The molecule has 0 rings (SSSR count). The number of rotatable bonds is 7. The van der Waals surface area contributed by atoms with E-state index in [-0.39, 0.29) is 18.5 Å². The highest BCUT2D eigenvalue weighted by molar-refractivity contribution is 5.68. The predicted molar refractivity (Wildman–Crippen MR) is 41.7 cm³/mol. The lowest BCUT2D eigenvalue weighted by Gasteiger charge is -2.15. The van der Waals surface area contributed by atoms with Crippen LogP contribution in [0.2, 0.25) is 0 Å². The van der Waals surface area contributed by atoms with Crippen LogP contribution in [0.1, 0.15) is 0 Å². The maximum absolute atomic E-state index is 10.2. The van der Waals surface area contributed by atoms with E-state index in [1.54, 1.807) is 7.05 Å². The number of hydrogen-bond donors (Lipinski definition) is 2. The number of carbonyl (C=O) groups is 1. The Morgan fingerprint density at radius 1 is 1.54 bits per heavy atom. The summed E-state index contributed by atoms with van der Waals surface area (Å²) >= 11 is 0. The van der Waals surface area contributed by atoms with E-state index in [4.69, 9.17) is 10.3 Å². The fourth-order valence-electron chi connectivity index (χ4n) is 0.637. The van der Waals surface area contributed by atoms with Crippen molar-refractivity contribution in [1.82, 2.24) is 10.3 Å². The molecule has 7 nitrogen and oxygen atoms in total. The molecule has 0 unspecified atom stereocenters. The average Bonchev–Trinajstić information content (AvgIpc) is 2.02. The summed E-state index contributed by atoms with van der Waals surface area (Å²) in [4.78, 5) is 20.5. The second kappa shape index (κ2) is 6.75. The molecule has 78 valence electrons. The van der Waals surface area contributed by atoms with Gasteiger partial charge in [0, 0.05) is 6.54 Å². The van der Waals surface area contributed by atoms with E-state index in [1.807, 2.05) is 0 Å². The minimum atomic E-state index is -0.907. The SMILES string of the molecule is CON(O)OCCN(C)CC(=O)O. The van der Waals surface area contributed by atoms with Crippen LogP contribution in [0.3, 0.4) is 0 Å². The molecule has 0 aliphatic carbocycles. The second-order valence-corrected chi connectivity index (χ2v) is 2.39. The van der Waals surface area contributed by atoms with Crippen LogP contribution in [-0.4, -0.2) is 60.4 Å². The number of aliphatic carboxylic acids is 1. The van der Waals surface area contributed by atoms with Crippen molar-refractivity contribution in [2.75, 3.05) is 33.9 Å². The Kier molecular flexibility index (Phi) is 6.37. The van der Waals surface area contributed by atoms with Gasteiger partial charge in [0.15, 0.2) is 0 Å². The summed E-state index contributed by atoms with van der Waals surface area (Å²) in [5, 5.41) is 17.2. The van der Waals surface area contributed by atoms with Gasteiger partial charge in [-0.05, 0) is 7.05 Å². The summed E-state index contributed by atoms with van der Waals surface area (Å²) in [5.41, 5.74) is 0. The Morgan fingerprint density at radius 3 is 2.62 bits per heavy atom. The summed E-state index contributed by atoms with van der Waals surface area (Å²) in [5.74, 6) is -0.907. The zero-order valence-corrected chi connectivity index (χ0v) is 7.63. The van der Waals surface area contributed by atoms with Gasteiger partial charge in [-0.25, -0.2) is 4.84 Å². The van der Waals surface area contributed by atoms with Crippen LogP contribution in [0, 0.1) is 0 Å². The molecule has 0 atom stereocenters. The highest BCUT2D eigenvalue weighted by atomic mass is 17.1. The quantitative estimate of drug-likeness (QED) is 0.513. The molecule has 0 saturated heterocycles. The molecule has 0 aromatic rings. The lowest BCUT2D eigenvalue weighted by atomic mass is 10.5. The Balaban J connectivity index is 3.36. The third kappa shape index (κ3) is 7.62. The maximum Gasteiger partial charge on any atom is 0.317 e. The Bertz CT molecular complexity index is 154. The van der Waals surface area contributed by atoms with E-state index >= 15 is 0 Å². The number of carboxylic acids is 1. The molecule has 0 fully saturated rings. The molecule has 7 heteroatoms. The van der Waals surface area contributed by atoms with Gasteiger partial charge in [0.25, 0.3) is 0 Å². The molecule has 13 heavy (non-hydrogen) atoms. The van der Waals surface area contributed by atoms with Crippen LogP contribution < -0.4 is 0 Å². The van der Waals surface area contributed by atoms with Crippen LogP contribution in [-0.2, 0) is 14.5 Å². The highest BCUT2D eigenvalue weighted by Crippen LogP contribution is 1.86. The first-order valence-corrected chi connectivity index (χ1v) is 3.62. The first-order valence-electron chi connectivity index (χ1n) is 3.62. The van der Waals surface area contributed by atoms with Gasteiger partial charge in [-0.2, -0.15) is 0 Å². The van der Waals surface area contributed by atoms with Crippen LogP contribution in [0.5, 0.6) is 0 Å². The molecule has 0 spiro atoms. The zero-order valence-electron chi connectivity index (χ0n) is 7.63. The van der Waals surface area contributed by atoms with Gasteiger partial charge in [0.05, 0.1) is 25.7 Å². The Morgan fingerprint density at radius 2 is 2.15 bits per heavy atom. The number of hydrogen-bond acceptors (Lipinski definition) is 6. The Hall–Kier alpha value is -0.730. The van der Waals surface area contributed by atoms with Crippen molar-refractivity contribution in [2.24, 2.45) is 0 Å². The summed E-state index contributed by atoms with van der Waals surface area (Å²) in [6.45, 7) is 0.461. The lowest BCUT2D eigenvalue weighted by molar-refractivity contribution is -0.501. The number of carboxylic acid groups (broad SMARTS) is 1. The number of likely N-dealkylation sites (N-methyl/N-ethyl adjacent to an activating group) is 1. The van der Waals surface area contributed by atoms with E-state index < -0.39 is 5.97 Å². The molecule has 0 aromatic carbocycles. The van der Waals surface area contributed by atoms with Crippen molar-refractivity contribution in [3.63, 3.8) is 0 Å². The molecule has 0 aromatic heterocycles. The monoisotopic (exact) mass is 194 g/mol. The molecule has 0 aliphatic heterocycles. The van der Waals surface area contributed by atoms with Crippen molar-refractivity contribution in [3.8, 4) is 0 Å². The molecule has 2 N–H and O–H groups in total. The van der Waals surface area contributed by atoms with Crippen LogP contribution >= 0.6 is 0 Å². The fraction of sp³-hybridized carbons (Fsp3) is 0.833. The van der Waals surface area contributed by atoms with Gasteiger partial charge < -0.3 is 5.11 Å². The fourth-order valence-corrected chi connectivity index (χ4v) is 0.637. The normalized spacial score (nSPS) is 11.2. The minimum absolute atomic E-state index is 0.0677. The van der Waals surface area contributed by atoms with Crippen molar-refractivity contribution >= 4 is 5.97 Å². The van der Waals surface area contributed by atoms with Gasteiger partial charge in [-0.15, -0.1) is 0 Å². The van der Waals surface area contributed by atoms with Crippen molar-refractivity contribution in [1.29, 1.82) is 0 Å². The average molecular weight is 194 g/mol. The largest absolute Gasteiger partial charge is 0.480 e. The van der Waals surface area contributed by atoms with Gasteiger partial charge in [0.2, 0.25) is 0 Å². The standard InChI is InChI=1S/C6H14N2O5/c1-7(5-6(9)10)3-4-13-8(11)12-2/h11H,3-5H2,1-2H3,(H,9,10). The molecule has 0 aliphatic rings. The smallest absolute Gasteiger partial charge is 0.317 e. The van der Waals surface area contributed by atoms with E-state index in [2.05, 4.69) is 9.68 Å². The second-order valence-electron chi connectivity index (χ2n) is 2.39. The third-order valence-electron chi connectivity index (χ3n) is 1.24. The van der Waals surface area contributed by atoms with E-state index in [0.717, 1.165) is 0 Å². The molecular weight excluding hydrogens is 180 g/mol. The Labute approximate surface area is 75.9 Å². The van der Waals surface area contributed by atoms with Crippen molar-refractivity contribution in [3.05, 3.63) is 0 Å². The summed E-state index contributed by atoms with van der Waals surface area (Å²) in [6, 6.07) is 0. The van der Waals surface area contributed by atoms with Gasteiger partial charge in [-0.1, -0.05) is 0 Å². The predicted octanol–water partition coefficient (Wildman–Crippen LogP) is -0.813. The van der Waals surface area contributed by atoms with E-state index in [0.29, 0.717) is 6.54 Å². The van der Waals surface area contributed by atoms with Crippen LogP contribution in [0.25, 0.3) is 0 Å². The van der Waals surface area contributed by atoms with Crippen molar-refractivity contribution < 1.29 is 24.8 Å². The van der Waals surface area contributed by atoms with Gasteiger partial charge in [-0.3, -0.25) is 19.7 Å². The summed E-state index contributed by atoms with van der Waals surface area (Å²) in [7, 11) is 2.87. The van der Waals surface area contributed by atoms with Crippen LogP contribution in [0.15, 0.2) is 0 Å². The topological polar surface area (TPSA) is 82.5 Å². The number of nitrogens with zero attached hydrogens (tertiary/aromatic N) is 2. The van der Waals surface area contributed by atoms with Gasteiger partial charge >= 0.3 is 5.97 Å². The highest BCUT2D eigenvalue weighted by Gasteiger charge is 2.04. The maximum atomic E-state index is 10.2. The summed E-state index contributed by atoms with van der Waals surface area (Å²) in [6.07, 6.45) is 0. The van der Waals surface area contributed by atoms with E-state index in [9.17, 15) is 4.79 Å². The summed E-state index contributed by atoms with van der Waals surface area (Å²) < 4.78 is 0. The van der Waals surface area contributed by atoms with E-state index in [1.165, 1.54) is 12.0 Å². The van der Waals surface area contributed by atoms with Crippen LogP contribution in [0.4, 0.5) is 0 Å². The molecular formula is C6H14N2O5. The molecule has 0 bridgehead atoms. The first kappa shape index (κ1) is 12.3. The zero-order chi connectivity index (χ0) is 10.3. The molecule has 0 saturated carbocycles. The molecule has 0 amide bonds.